The number of nitrogens with zero attached hydrogens (tertiary/aromatic N) is 1. The molecule has 1 aliphatic rings. The van der Waals surface area contributed by atoms with Crippen LogP contribution in [-0.4, -0.2) is 30.4 Å². The van der Waals surface area contributed by atoms with Crippen molar-refractivity contribution >= 4 is 5.91 Å². The van der Waals surface area contributed by atoms with Crippen LogP contribution in [0, 0.1) is 13.8 Å². The lowest BCUT2D eigenvalue weighted by molar-refractivity contribution is 0.0870. The minimum Gasteiger partial charge on any atom is -0.344 e. The molecule has 0 unspecified atom stereocenters. The Hall–Kier alpha value is -2.13. The molecule has 1 N–H and O–H groups in total. The number of likely N-dealkylation sites (N-methyl/N-ethyl adjacent to an activating group) is 1. The third kappa shape index (κ3) is 3.93. The maximum Gasteiger partial charge on any atom is 0.252 e. The lowest BCUT2D eigenvalue weighted by atomic mass is 9.90. The van der Waals surface area contributed by atoms with Crippen LogP contribution in [0.4, 0.5) is 0 Å². The number of piperidine rings is 1. The molecule has 0 saturated carbocycles. The second kappa shape index (κ2) is 7.83. The smallest absolute Gasteiger partial charge is 0.252 e. The zero-order valence-corrected chi connectivity index (χ0v) is 15.5. The van der Waals surface area contributed by atoms with Crippen LogP contribution in [0.1, 0.15) is 52.4 Å². The van der Waals surface area contributed by atoms with E-state index in [9.17, 15) is 4.79 Å². The monoisotopic (exact) mass is 336 g/mol. The summed E-state index contributed by atoms with van der Waals surface area (Å²) in [6, 6.07) is 16.7. The highest BCUT2D eigenvalue weighted by atomic mass is 16.1. The van der Waals surface area contributed by atoms with Gasteiger partial charge < -0.3 is 10.2 Å². The van der Waals surface area contributed by atoms with E-state index in [0.717, 1.165) is 29.7 Å². The van der Waals surface area contributed by atoms with Crippen LogP contribution in [0.25, 0.3) is 0 Å². The fourth-order valence-electron chi connectivity index (χ4n) is 3.80. The van der Waals surface area contributed by atoms with Gasteiger partial charge in [-0.3, -0.25) is 4.79 Å². The van der Waals surface area contributed by atoms with Crippen LogP contribution in [0.15, 0.2) is 48.5 Å². The lowest BCUT2D eigenvalue weighted by Crippen LogP contribution is -2.47. The van der Waals surface area contributed by atoms with Gasteiger partial charge in [-0.2, -0.15) is 0 Å². The molecule has 1 heterocycles. The molecule has 1 amide bonds. The van der Waals surface area contributed by atoms with Crippen molar-refractivity contribution in [3.8, 4) is 0 Å². The molecule has 25 heavy (non-hydrogen) atoms. The fourth-order valence-corrected chi connectivity index (χ4v) is 3.80. The van der Waals surface area contributed by atoms with Crippen LogP contribution < -0.4 is 5.32 Å². The Morgan fingerprint density at radius 1 is 1.08 bits per heavy atom. The van der Waals surface area contributed by atoms with E-state index in [0.29, 0.717) is 6.04 Å². The SMILES string of the molecule is Cc1cccc(C(=O)N[C@@H](c2ccccc2)[C@@H]2CCCCN2C)c1C. The van der Waals surface area contributed by atoms with E-state index in [1.54, 1.807) is 0 Å². The first-order chi connectivity index (χ1) is 12.1. The Morgan fingerprint density at radius 2 is 1.84 bits per heavy atom. The van der Waals surface area contributed by atoms with E-state index in [1.807, 2.05) is 25.1 Å². The van der Waals surface area contributed by atoms with Gasteiger partial charge in [-0.1, -0.05) is 48.9 Å². The van der Waals surface area contributed by atoms with Gasteiger partial charge in [-0.05, 0) is 63.0 Å². The number of amides is 1. The van der Waals surface area contributed by atoms with Crippen molar-refractivity contribution < 1.29 is 4.79 Å². The molecule has 0 radical (unpaired) electrons. The van der Waals surface area contributed by atoms with E-state index in [2.05, 4.69) is 54.5 Å². The number of carbonyl (C=O) groups is 1. The summed E-state index contributed by atoms with van der Waals surface area (Å²) in [5, 5.41) is 3.34. The summed E-state index contributed by atoms with van der Waals surface area (Å²) in [5.41, 5.74) is 4.17. The minimum absolute atomic E-state index is 0.0129. The van der Waals surface area contributed by atoms with E-state index in [4.69, 9.17) is 0 Å². The predicted octanol–water partition coefficient (Wildman–Crippen LogP) is 4.26. The molecule has 1 saturated heterocycles. The zero-order chi connectivity index (χ0) is 17.8. The number of rotatable bonds is 4. The number of benzene rings is 2. The number of hydrogen-bond donors (Lipinski definition) is 1. The van der Waals surface area contributed by atoms with E-state index in [1.165, 1.54) is 18.4 Å². The molecule has 1 fully saturated rings. The molecule has 0 bridgehead atoms. The number of nitrogens with one attached hydrogen (secondary N) is 1. The van der Waals surface area contributed by atoms with Crippen LogP contribution in [-0.2, 0) is 0 Å². The molecule has 3 nitrogen and oxygen atoms in total. The summed E-state index contributed by atoms with van der Waals surface area (Å²) in [6.45, 7) is 5.16. The predicted molar refractivity (Wildman–Crippen MR) is 103 cm³/mol. The molecule has 3 rings (SSSR count). The maximum absolute atomic E-state index is 13.0. The summed E-state index contributed by atoms with van der Waals surface area (Å²) >= 11 is 0. The van der Waals surface area contributed by atoms with Crippen LogP contribution in [0.2, 0.25) is 0 Å². The Kier molecular flexibility index (Phi) is 5.54. The van der Waals surface area contributed by atoms with Crippen molar-refractivity contribution in [3.05, 3.63) is 70.8 Å². The molecular formula is C22H28N2O. The second-order valence-corrected chi connectivity index (χ2v) is 7.15. The van der Waals surface area contributed by atoms with Crippen LogP contribution in [0.5, 0.6) is 0 Å². The minimum atomic E-state index is 0.0129. The molecule has 2 atom stereocenters. The standard InChI is InChI=1S/C22H28N2O/c1-16-10-9-13-19(17(16)2)22(25)23-21(18-11-5-4-6-12-18)20-14-7-8-15-24(20)3/h4-6,9-13,20-21H,7-8,14-15H2,1-3H3,(H,23,25)/t20-,21-/m0/s1. The summed E-state index contributed by atoms with van der Waals surface area (Å²) < 4.78 is 0. The average Bonchev–Trinajstić information content (AvgIpc) is 2.63. The maximum atomic E-state index is 13.0. The quantitative estimate of drug-likeness (QED) is 0.905. The molecule has 1 aliphatic heterocycles. The number of carbonyl (C=O) groups excluding carboxylic acids is 1. The van der Waals surface area contributed by atoms with Gasteiger partial charge in [0, 0.05) is 11.6 Å². The Balaban J connectivity index is 1.89. The van der Waals surface area contributed by atoms with Crippen LogP contribution >= 0.6 is 0 Å². The van der Waals surface area contributed by atoms with E-state index in [-0.39, 0.29) is 11.9 Å². The highest BCUT2D eigenvalue weighted by Crippen LogP contribution is 2.28. The van der Waals surface area contributed by atoms with Crippen LogP contribution in [0.3, 0.4) is 0 Å². The highest BCUT2D eigenvalue weighted by Gasteiger charge is 2.30. The summed E-state index contributed by atoms with van der Waals surface area (Å²) in [6.07, 6.45) is 3.57. The van der Waals surface area contributed by atoms with Gasteiger partial charge in [0.2, 0.25) is 0 Å². The summed E-state index contributed by atoms with van der Waals surface area (Å²) in [4.78, 5) is 15.4. The van der Waals surface area contributed by atoms with Gasteiger partial charge in [0.25, 0.3) is 5.91 Å². The van der Waals surface area contributed by atoms with Gasteiger partial charge >= 0.3 is 0 Å². The van der Waals surface area contributed by atoms with E-state index >= 15 is 0 Å². The number of hydrogen-bond acceptors (Lipinski definition) is 2. The third-order valence-electron chi connectivity index (χ3n) is 5.51. The van der Waals surface area contributed by atoms with Gasteiger partial charge in [0.15, 0.2) is 0 Å². The van der Waals surface area contributed by atoms with Crippen molar-refractivity contribution in [1.29, 1.82) is 0 Å². The summed E-state index contributed by atoms with van der Waals surface area (Å²) in [7, 11) is 2.17. The first-order valence-corrected chi connectivity index (χ1v) is 9.20. The molecule has 2 aromatic rings. The van der Waals surface area contributed by atoms with Crippen molar-refractivity contribution in [2.24, 2.45) is 0 Å². The third-order valence-corrected chi connectivity index (χ3v) is 5.51. The second-order valence-electron chi connectivity index (χ2n) is 7.15. The zero-order valence-electron chi connectivity index (χ0n) is 15.5. The van der Waals surface area contributed by atoms with E-state index < -0.39 is 0 Å². The Bertz CT molecular complexity index is 726. The van der Waals surface area contributed by atoms with Crippen molar-refractivity contribution in [2.75, 3.05) is 13.6 Å². The summed E-state index contributed by atoms with van der Waals surface area (Å²) in [5.74, 6) is 0.0222. The Morgan fingerprint density at radius 3 is 2.56 bits per heavy atom. The van der Waals surface area contributed by atoms with Gasteiger partial charge in [0.1, 0.15) is 0 Å². The molecular weight excluding hydrogens is 308 g/mol. The van der Waals surface area contributed by atoms with Crippen molar-refractivity contribution in [3.63, 3.8) is 0 Å². The first kappa shape index (κ1) is 17.7. The molecule has 2 aromatic carbocycles. The number of likely N-dealkylation sites (tertiary alicyclic amines) is 1. The molecule has 0 spiro atoms. The average molecular weight is 336 g/mol. The van der Waals surface area contributed by atoms with Gasteiger partial charge in [-0.25, -0.2) is 0 Å². The molecule has 0 aliphatic carbocycles. The fraction of sp³-hybridized carbons (Fsp3) is 0.409. The van der Waals surface area contributed by atoms with Gasteiger partial charge in [0.05, 0.1) is 6.04 Å². The van der Waals surface area contributed by atoms with Crippen molar-refractivity contribution in [2.45, 2.75) is 45.2 Å². The first-order valence-electron chi connectivity index (χ1n) is 9.20. The topological polar surface area (TPSA) is 32.3 Å². The molecule has 3 heteroatoms. The largest absolute Gasteiger partial charge is 0.344 e. The van der Waals surface area contributed by atoms with Crippen molar-refractivity contribution in [1.82, 2.24) is 10.2 Å². The molecule has 0 aromatic heterocycles. The highest BCUT2D eigenvalue weighted by molar-refractivity contribution is 5.96. The number of aryl methyl sites for hydroxylation is 1. The Labute approximate surface area is 151 Å². The lowest BCUT2D eigenvalue weighted by Gasteiger charge is -2.38. The van der Waals surface area contributed by atoms with Gasteiger partial charge in [-0.15, -0.1) is 0 Å². The normalized spacial score (nSPS) is 19.4. The molecule has 132 valence electrons.